The molecule has 0 amide bonds. The Morgan fingerprint density at radius 1 is 1.19 bits per heavy atom. The van der Waals surface area contributed by atoms with E-state index in [2.05, 4.69) is 12.2 Å². The molecule has 0 saturated carbocycles. The van der Waals surface area contributed by atoms with Crippen LogP contribution in [-0.2, 0) is 0 Å². The van der Waals surface area contributed by atoms with Gasteiger partial charge in [-0.1, -0.05) is 12.8 Å². The minimum atomic E-state index is 0.310. The van der Waals surface area contributed by atoms with Gasteiger partial charge in [0.05, 0.1) is 0 Å². The second-order valence-electron chi connectivity index (χ2n) is 4.14. The van der Waals surface area contributed by atoms with E-state index in [4.69, 9.17) is 10.8 Å². The van der Waals surface area contributed by atoms with Crippen LogP contribution >= 0.6 is 0 Å². The first-order valence-corrected chi connectivity index (χ1v) is 5.95. The fourth-order valence-electron chi connectivity index (χ4n) is 1.70. The molecule has 0 aromatic heterocycles. The molecule has 0 aliphatic carbocycles. The van der Waals surface area contributed by atoms with Crippen LogP contribution in [0.25, 0.3) is 0 Å². The maximum atomic E-state index is 8.64. The van der Waals surface area contributed by atoms with Crippen molar-refractivity contribution >= 4 is 11.4 Å². The lowest BCUT2D eigenvalue weighted by Gasteiger charge is -2.09. The number of aryl methyl sites for hydroxylation is 1. The summed E-state index contributed by atoms with van der Waals surface area (Å²) >= 11 is 0. The van der Waals surface area contributed by atoms with Crippen LogP contribution in [-0.4, -0.2) is 18.3 Å². The molecule has 3 nitrogen and oxygen atoms in total. The molecule has 0 spiro atoms. The Balaban J connectivity index is 2.21. The minimum Gasteiger partial charge on any atom is -0.399 e. The van der Waals surface area contributed by atoms with Crippen molar-refractivity contribution in [1.82, 2.24) is 0 Å². The standard InChI is InChI=1S/C13H22N2O/c1-11-10-12(14)6-7-13(11)15-8-4-2-3-5-9-16/h6-7,10,15-16H,2-5,8-9,14H2,1H3. The first-order chi connectivity index (χ1) is 7.74. The van der Waals surface area contributed by atoms with Gasteiger partial charge >= 0.3 is 0 Å². The van der Waals surface area contributed by atoms with E-state index in [0.717, 1.165) is 37.2 Å². The van der Waals surface area contributed by atoms with Crippen LogP contribution in [0.3, 0.4) is 0 Å². The predicted octanol–water partition coefficient (Wildman–Crippen LogP) is 2.54. The normalized spacial score (nSPS) is 10.4. The van der Waals surface area contributed by atoms with E-state index < -0.39 is 0 Å². The van der Waals surface area contributed by atoms with Gasteiger partial charge in [0.25, 0.3) is 0 Å². The van der Waals surface area contributed by atoms with E-state index in [1.807, 2.05) is 18.2 Å². The number of nitrogens with one attached hydrogen (secondary N) is 1. The SMILES string of the molecule is Cc1cc(N)ccc1NCCCCCCO. The number of aliphatic hydroxyl groups excluding tert-OH is 1. The predicted molar refractivity (Wildman–Crippen MR) is 69.6 cm³/mol. The molecule has 4 N–H and O–H groups in total. The van der Waals surface area contributed by atoms with Crippen LogP contribution in [0.1, 0.15) is 31.2 Å². The molecule has 16 heavy (non-hydrogen) atoms. The summed E-state index contributed by atoms with van der Waals surface area (Å²) in [5, 5.41) is 12.0. The largest absolute Gasteiger partial charge is 0.399 e. The van der Waals surface area contributed by atoms with Crippen molar-refractivity contribution in [3.8, 4) is 0 Å². The highest BCUT2D eigenvalue weighted by molar-refractivity contribution is 5.57. The van der Waals surface area contributed by atoms with E-state index in [9.17, 15) is 0 Å². The van der Waals surface area contributed by atoms with Crippen LogP contribution in [0.2, 0.25) is 0 Å². The van der Waals surface area contributed by atoms with Crippen LogP contribution in [0.15, 0.2) is 18.2 Å². The van der Waals surface area contributed by atoms with Gasteiger partial charge in [0.1, 0.15) is 0 Å². The average Bonchev–Trinajstić information content (AvgIpc) is 2.26. The van der Waals surface area contributed by atoms with Crippen molar-refractivity contribution in [3.05, 3.63) is 23.8 Å². The first kappa shape index (κ1) is 12.8. The molecule has 1 rings (SSSR count). The third kappa shape index (κ3) is 4.53. The van der Waals surface area contributed by atoms with E-state index in [0.29, 0.717) is 6.61 Å². The van der Waals surface area contributed by atoms with Gasteiger partial charge in [-0.25, -0.2) is 0 Å². The van der Waals surface area contributed by atoms with Crippen molar-refractivity contribution in [1.29, 1.82) is 0 Å². The van der Waals surface area contributed by atoms with Crippen molar-refractivity contribution in [2.45, 2.75) is 32.6 Å². The summed E-state index contributed by atoms with van der Waals surface area (Å²) in [5.41, 5.74) is 8.85. The molecule has 3 heteroatoms. The molecular formula is C13H22N2O. The highest BCUT2D eigenvalue weighted by atomic mass is 16.2. The van der Waals surface area contributed by atoms with Gasteiger partial charge in [-0.2, -0.15) is 0 Å². The van der Waals surface area contributed by atoms with Gasteiger partial charge in [0.2, 0.25) is 0 Å². The molecule has 0 radical (unpaired) electrons. The van der Waals surface area contributed by atoms with E-state index in [1.165, 1.54) is 12.0 Å². The highest BCUT2D eigenvalue weighted by Crippen LogP contribution is 2.17. The quantitative estimate of drug-likeness (QED) is 0.491. The number of nitrogens with two attached hydrogens (primary N) is 1. The first-order valence-electron chi connectivity index (χ1n) is 5.95. The Kier molecular flexibility index (Phi) is 5.72. The number of hydrogen-bond acceptors (Lipinski definition) is 3. The fourth-order valence-corrected chi connectivity index (χ4v) is 1.70. The monoisotopic (exact) mass is 222 g/mol. The molecule has 1 aromatic carbocycles. The summed E-state index contributed by atoms with van der Waals surface area (Å²) in [6.07, 6.45) is 4.34. The Labute approximate surface area is 97.7 Å². The van der Waals surface area contributed by atoms with Crippen LogP contribution in [0.5, 0.6) is 0 Å². The molecular weight excluding hydrogens is 200 g/mol. The fraction of sp³-hybridized carbons (Fsp3) is 0.538. The second-order valence-corrected chi connectivity index (χ2v) is 4.14. The summed E-state index contributed by atoms with van der Waals surface area (Å²) in [7, 11) is 0. The number of unbranched alkanes of at least 4 members (excludes halogenated alkanes) is 3. The van der Waals surface area contributed by atoms with Crippen molar-refractivity contribution < 1.29 is 5.11 Å². The summed E-state index contributed by atoms with van der Waals surface area (Å²) in [4.78, 5) is 0. The lowest BCUT2D eigenvalue weighted by atomic mass is 10.1. The van der Waals surface area contributed by atoms with Gasteiger partial charge in [-0.05, 0) is 43.5 Å². The summed E-state index contributed by atoms with van der Waals surface area (Å²) in [6.45, 7) is 3.35. The minimum absolute atomic E-state index is 0.310. The van der Waals surface area contributed by atoms with Crippen LogP contribution in [0.4, 0.5) is 11.4 Å². The maximum Gasteiger partial charge on any atom is 0.0431 e. The zero-order chi connectivity index (χ0) is 11.8. The smallest absolute Gasteiger partial charge is 0.0431 e. The third-order valence-electron chi connectivity index (χ3n) is 2.65. The Hall–Kier alpha value is -1.22. The van der Waals surface area contributed by atoms with Crippen LogP contribution in [0, 0.1) is 6.92 Å². The number of nitrogen functional groups attached to an aromatic ring is 1. The Bertz CT molecular complexity index is 313. The van der Waals surface area contributed by atoms with Gasteiger partial charge in [0.15, 0.2) is 0 Å². The van der Waals surface area contributed by atoms with Crippen molar-refractivity contribution in [3.63, 3.8) is 0 Å². The van der Waals surface area contributed by atoms with Gasteiger partial charge < -0.3 is 16.2 Å². The Morgan fingerprint density at radius 3 is 2.62 bits per heavy atom. The van der Waals surface area contributed by atoms with Crippen molar-refractivity contribution in [2.75, 3.05) is 24.2 Å². The number of hydrogen-bond donors (Lipinski definition) is 3. The molecule has 1 aromatic rings. The summed E-state index contributed by atoms with van der Waals surface area (Å²) in [5.74, 6) is 0. The molecule has 0 bridgehead atoms. The molecule has 0 fully saturated rings. The molecule has 90 valence electrons. The zero-order valence-electron chi connectivity index (χ0n) is 10.00. The van der Waals surface area contributed by atoms with Crippen molar-refractivity contribution in [2.24, 2.45) is 0 Å². The number of benzene rings is 1. The summed E-state index contributed by atoms with van der Waals surface area (Å²) < 4.78 is 0. The zero-order valence-corrected chi connectivity index (χ0v) is 10.00. The lowest BCUT2D eigenvalue weighted by molar-refractivity contribution is 0.283. The topological polar surface area (TPSA) is 58.3 Å². The number of rotatable bonds is 7. The lowest BCUT2D eigenvalue weighted by Crippen LogP contribution is -2.03. The third-order valence-corrected chi connectivity index (χ3v) is 2.65. The molecule has 0 saturated heterocycles. The molecule has 0 atom stereocenters. The molecule has 0 aliphatic heterocycles. The van der Waals surface area contributed by atoms with Crippen LogP contribution < -0.4 is 11.1 Å². The second kappa shape index (κ2) is 7.12. The highest BCUT2D eigenvalue weighted by Gasteiger charge is 1.97. The average molecular weight is 222 g/mol. The van der Waals surface area contributed by atoms with E-state index in [-0.39, 0.29) is 0 Å². The number of aliphatic hydroxyl groups is 1. The maximum absolute atomic E-state index is 8.64. The molecule has 0 unspecified atom stereocenters. The number of anilines is 2. The van der Waals surface area contributed by atoms with E-state index in [1.54, 1.807) is 0 Å². The Morgan fingerprint density at radius 2 is 1.94 bits per heavy atom. The molecule has 0 aliphatic rings. The van der Waals surface area contributed by atoms with Gasteiger partial charge in [0, 0.05) is 24.5 Å². The molecule has 0 heterocycles. The van der Waals surface area contributed by atoms with Gasteiger partial charge in [-0.15, -0.1) is 0 Å². The summed E-state index contributed by atoms with van der Waals surface area (Å²) in [6, 6.07) is 5.92. The van der Waals surface area contributed by atoms with Gasteiger partial charge in [-0.3, -0.25) is 0 Å². The van der Waals surface area contributed by atoms with E-state index >= 15 is 0 Å².